The number of nitrogens with zero attached hydrogens (tertiary/aromatic N) is 2. The summed E-state index contributed by atoms with van der Waals surface area (Å²) >= 11 is 0. The van der Waals surface area contributed by atoms with E-state index in [1.54, 1.807) is 0 Å². The standard InChI is InChI=1S/C20H24F3N3O2/c1-3-12(2)16(24-18(27)13-7-4-5-8-13)19-25-17(26-28-19)14-9-6-10-15(11-14)20(21,22)23/h6,9-13,16H,3-5,7-8H2,1-2H3,(H,24,27)/t12-,16+/m0/s1. The Kier molecular flexibility index (Phi) is 6.05. The molecule has 1 saturated carbocycles. The zero-order valence-corrected chi connectivity index (χ0v) is 15.9. The van der Waals surface area contributed by atoms with Gasteiger partial charge in [-0.3, -0.25) is 4.79 Å². The van der Waals surface area contributed by atoms with Crippen molar-refractivity contribution in [3.63, 3.8) is 0 Å². The highest BCUT2D eigenvalue weighted by atomic mass is 19.4. The highest BCUT2D eigenvalue weighted by Gasteiger charge is 2.32. The molecule has 152 valence electrons. The lowest BCUT2D eigenvalue weighted by Gasteiger charge is -2.22. The quantitative estimate of drug-likeness (QED) is 0.735. The van der Waals surface area contributed by atoms with Crippen molar-refractivity contribution in [2.75, 3.05) is 0 Å². The monoisotopic (exact) mass is 395 g/mol. The number of nitrogens with one attached hydrogen (secondary N) is 1. The van der Waals surface area contributed by atoms with E-state index in [9.17, 15) is 18.0 Å². The molecule has 2 aromatic rings. The summed E-state index contributed by atoms with van der Waals surface area (Å²) in [5.74, 6) is 0.303. The molecule has 1 heterocycles. The minimum Gasteiger partial charge on any atom is -0.344 e. The van der Waals surface area contributed by atoms with Crippen molar-refractivity contribution in [2.45, 2.75) is 58.2 Å². The fourth-order valence-electron chi connectivity index (χ4n) is 3.46. The van der Waals surface area contributed by atoms with E-state index in [1.807, 2.05) is 13.8 Å². The average Bonchev–Trinajstić information content (AvgIpc) is 3.36. The van der Waals surface area contributed by atoms with Gasteiger partial charge in [0, 0.05) is 11.5 Å². The molecular weight excluding hydrogens is 371 g/mol. The Hall–Kier alpha value is -2.38. The van der Waals surface area contributed by atoms with Crippen molar-refractivity contribution in [1.82, 2.24) is 15.5 Å². The van der Waals surface area contributed by atoms with Crippen LogP contribution in [0.15, 0.2) is 28.8 Å². The number of benzene rings is 1. The van der Waals surface area contributed by atoms with Gasteiger partial charge >= 0.3 is 6.18 Å². The summed E-state index contributed by atoms with van der Waals surface area (Å²) in [6, 6.07) is 4.32. The first-order valence-corrected chi connectivity index (χ1v) is 9.61. The summed E-state index contributed by atoms with van der Waals surface area (Å²) in [4.78, 5) is 16.8. The van der Waals surface area contributed by atoms with E-state index in [1.165, 1.54) is 12.1 Å². The average molecular weight is 395 g/mol. The number of alkyl halides is 3. The molecule has 0 radical (unpaired) electrons. The number of hydrogen-bond donors (Lipinski definition) is 1. The third-order valence-corrected chi connectivity index (χ3v) is 5.39. The molecule has 1 aliphatic rings. The van der Waals surface area contributed by atoms with E-state index in [0.717, 1.165) is 44.2 Å². The molecule has 0 spiro atoms. The van der Waals surface area contributed by atoms with E-state index in [4.69, 9.17) is 4.52 Å². The third-order valence-electron chi connectivity index (χ3n) is 5.39. The topological polar surface area (TPSA) is 68.0 Å². The molecule has 5 nitrogen and oxygen atoms in total. The van der Waals surface area contributed by atoms with Gasteiger partial charge in [0.2, 0.25) is 17.6 Å². The van der Waals surface area contributed by atoms with Crippen LogP contribution >= 0.6 is 0 Å². The number of hydrogen-bond acceptors (Lipinski definition) is 4. The lowest BCUT2D eigenvalue weighted by Crippen LogP contribution is -2.36. The smallest absolute Gasteiger partial charge is 0.344 e. The summed E-state index contributed by atoms with van der Waals surface area (Å²) in [7, 11) is 0. The Morgan fingerprint density at radius 1 is 1.32 bits per heavy atom. The van der Waals surface area contributed by atoms with Gasteiger partial charge in [-0.05, 0) is 30.9 Å². The van der Waals surface area contributed by atoms with Gasteiger partial charge in [0.05, 0.1) is 5.56 Å². The zero-order chi connectivity index (χ0) is 20.3. The van der Waals surface area contributed by atoms with Crippen LogP contribution in [0.1, 0.15) is 63.4 Å². The summed E-state index contributed by atoms with van der Waals surface area (Å²) in [5, 5.41) is 6.86. The van der Waals surface area contributed by atoms with Crippen LogP contribution in [0.5, 0.6) is 0 Å². The molecule has 1 fully saturated rings. The van der Waals surface area contributed by atoms with Crippen molar-refractivity contribution in [3.8, 4) is 11.4 Å². The molecule has 1 amide bonds. The maximum atomic E-state index is 12.9. The summed E-state index contributed by atoms with van der Waals surface area (Å²) in [6.45, 7) is 3.96. The first-order chi connectivity index (χ1) is 13.3. The zero-order valence-electron chi connectivity index (χ0n) is 15.9. The van der Waals surface area contributed by atoms with Crippen LogP contribution in [0.25, 0.3) is 11.4 Å². The molecule has 0 unspecified atom stereocenters. The molecule has 2 atom stereocenters. The van der Waals surface area contributed by atoms with Gasteiger partial charge in [-0.2, -0.15) is 18.2 Å². The van der Waals surface area contributed by atoms with Crippen LogP contribution in [-0.2, 0) is 11.0 Å². The first kappa shape index (κ1) is 20.4. The Balaban J connectivity index is 1.83. The molecular formula is C20H24F3N3O2. The minimum absolute atomic E-state index is 0.00239. The number of rotatable bonds is 6. The van der Waals surface area contributed by atoms with Gasteiger partial charge in [0.15, 0.2) is 0 Å². The molecule has 1 aromatic heterocycles. The van der Waals surface area contributed by atoms with Crippen LogP contribution in [0.2, 0.25) is 0 Å². The third kappa shape index (κ3) is 4.54. The lowest BCUT2D eigenvalue weighted by molar-refractivity contribution is -0.137. The highest BCUT2D eigenvalue weighted by Crippen LogP contribution is 2.33. The fourth-order valence-corrected chi connectivity index (χ4v) is 3.46. The second-order valence-electron chi connectivity index (χ2n) is 7.39. The Bertz CT molecular complexity index is 813. The van der Waals surface area contributed by atoms with E-state index in [-0.39, 0.29) is 35.0 Å². The maximum Gasteiger partial charge on any atom is 0.416 e. The largest absolute Gasteiger partial charge is 0.416 e. The molecule has 28 heavy (non-hydrogen) atoms. The highest BCUT2D eigenvalue weighted by molar-refractivity contribution is 5.79. The normalized spacial score (nSPS) is 17.5. The molecule has 8 heteroatoms. The minimum atomic E-state index is -4.45. The molecule has 0 aliphatic heterocycles. The second kappa shape index (κ2) is 8.32. The van der Waals surface area contributed by atoms with Crippen LogP contribution < -0.4 is 5.32 Å². The van der Waals surface area contributed by atoms with Crippen molar-refractivity contribution < 1.29 is 22.5 Å². The summed E-state index contributed by atoms with van der Waals surface area (Å²) in [6.07, 6.45) is 0.170. The molecule has 1 aliphatic carbocycles. The maximum absolute atomic E-state index is 12.9. The number of carbonyl (C=O) groups is 1. The first-order valence-electron chi connectivity index (χ1n) is 9.61. The second-order valence-corrected chi connectivity index (χ2v) is 7.39. The predicted octanol–water partition coefficient (Wildman–Crippen LogP) is 5.15. The van der Waals surface area contributed by atoms with Crippen molar-refractivity contribution >= 4 is 5.91 Å². The molecule has 1 aromatic carbocycles. The number of amides is 1. The Morgan fingerprint density at radius 2 is 2.04 bits per heavy atom. The van der Waals surface area contributed by atoms with E-state index < -0.39 is 17.8 Å². The Morgan fingerprint density at radius 3 is 2.68 bits per heavy atom. The number of carbonyl (C=O) groups excluding carboxylic acids is 1. The van der Waals surface area contributed by atoms with Gasteiger partial charge in [-0.1, -0.05) is 50.4 Å². The molecule has 1 N–H and O–H groups in total. The van der Waals surface area contributed by atoms with Crippen molar-refractivity contribution in [2.24, 2.45) is 11.8 Å². The molecule has 0 bridgehead atoms. The van der Waals surface area contributed by atoms with Gasteiger partial charge in [-0.25, -0.2) is 0 Å². The molecule has 3 rings (SSSR count). The van der Waals surface area contributed by atoms with Gasteiger partial charge < -0.3 is 9.84 Å². The van der Waals surface area contributed by atoms with Gasteiger partial charge in [-0.15, -0.1) is 0 Å². The van der Waals surface area contributed by atoms with E-state index >= 15 is 0 Å². The Labute approximate surface area is 161 Å². The van der Waals surface area contributed by atoms with Crippen LogP contribution in [0.3, 0.4) is 0 Å². The van der Waals surface area contributed by atoms with E-state index in [0.29, 0.717) is 0 Å². The molecule has 0 saturated heterocycles. The van der Waals surface area contributed by atoms with Crippen LogP contribution in [-0.4, -0.2) is 16.0 Å². The van der Waals surface area contributed by atoms with E-state index in [2.05, 4.69) is 15.5 Å². The number of aromatic nitrogens is 2. The van der Waals surface area contributed by atoms with Crippen molar-refractivity contribution in [1.29, 1.82) is 0 Å². The lowest BCUT2D eigenvalue weighted by atomic mass is 9.97. The van der Waals surface area contributed by atoms with Crippen LogP contribution in [0, 0.1) is 11.8 Å². The summed E-state index contributed by atoms with van der Waals surface area (Å²) in [5.41, 5.74) is -0.556. The fraction of sp³-hybridized carbons (Fsp3) is 0.550. The number of halogens is 3. The SMILES string of the molecule is CC[C@H](C)[C@@H](NC(=O)C1CCCC1)c1nc(-c2cccc(C(F)(F)F)c2)no1. The van der Waals surface area contributed by atoms with Gasteiger partial charge in [0.1, 0.15) is 6.04 Å². The summed E-state index contributed by atoms with van der Waals surface area (Å²) < 4.78 is 44.2. The van der Waals surface area contributed by atoms with Gasteiger partial charge in [0.25, 0.3) is 0 Å². The van der Waals surface area contributed by atoms with Crippen molar-refractivity contribution in [3.05, 3.63) is 35.7 Å². The van der Waals surface area contributed by atoms with Crippen LogP contribution in [0.4, 0.5) is 13.2 Å². The predicted molar refractivity (Wildman–Crippen MR) is 97.0 cm³/mol.